The van der Waals surface area contributed by atoms with Gasteiger partial charge in [-0.15, -0.1) is 0 Å². The standard InChI is InChI=1S/C15H15N5O2/c1-10-2-7-13-14(8-9-16-15(13)17-10)19-18-11-3-5-12(6-4-11)20(21)22/h2-7,18H,8-9H2,1H3,(H,16,17)/b19-14+. The van der Waals surface area contributed by atoms with Gasteiger partial charge in [-0.25, -0.2) is 4.98 Å². The number of hydrazone groups is 1. The van der Waals surface area contributed by atoms with Gasteiger partial charge in [0.05, 0.1) is 16.3 Å². The Hall–Kier alpha value is -2.96. The highest BCUT2D eigenvalue weighted by Crippen LogP contribution is 2.21. The van der Waals surface area contributed by atoms with Crippen LogP contribution in [-0.4, -0.2) is 22.2 Å². The molecule has 0 saturated heterocycles. The third kappa shape index (κ3) is 2.88. The number of aromatic nitrogens is 1. The number of pyridine rings is 1. The number of fused-ring (bicyclic) bond motifs is 1. The molecular weight excluding hydrogens is 282 g/mol. The van der Waals surface area contributed by atoms with Gasteiger partial charge in [0, 0.05) is 36.4 Å². The zero-order valence-electron chi connectivity index (χ0n) is 12.0. The van der Waals surface area contributed by atoms with E-state index in [0.717, 1.165) is 35.8 Å². The molecule has 0 spiro atoms. The van der Waals surface area contributed by atoms with E-state index in [0.29, 0.717) is 5.69 Å². The largest absolute Gasteiger partial charge is 0.369 e. The van der Waals surface area contributed by atoms with Crippen molar-refractivity contribution < 1.29 is 4.92 Å². The molecule has 0 bridgehead atoms. The Morgan fingerprint density at radius 2 is 2.05 bits per heavy atom. The van der Waals surface area contributed by atoms with Gasteiger partial charge < -0.3 is 5.32 Å². The minimum absolute atomic E-state index is 0.0603. The third-order valence-electron chi connectivity index (χ3n) is 3.40. The van der Waals surface area contributed by atoms with Crippen molar-refractivity contribution in [1.82, 2.24) is 4.98 Å². The van der Waals surface area contributed by atoms with Crippen LogP contribution in [0.15, 0.2) is 41.5 Å². The molecule has 2 aromatic rings. The number of nitrogens with one attached hydrogen (secondary N) is 2. The Labute approximate surface area is 127 Å². The van der Waals surface area contributed by atoms with Gasteiger partial charge in [-0.1, -0.05) is 0 Å². The molecule has 1 aliphatic rings. The first-order chi connectivity index (χ1) is 10.6. The fourth-order valence-electron chi connectivity index (χ4n) is 2.26. The number of nitro benzene ring substituents is 1. The van der Waals surface area contributed by atoms with Crippen LogP contribution >= 0.6 is 0 Å². The molecule has 1 aromatic carbocycles. The average molecular weight is 297 g/mol. The van der Waals surface area contributed by atoms with Crippen LogP contribution in [0.2, 0.25) is 0 Å². The van der Waals surface area contributed by atoms with Crippen molar-refractivity contribution >= 4 is 22.9 Å². The zero-order valence-corrected chi connectivity index (χ0v) is 12.0. The lowest BCUT2D eigenvalue weighted by Crippen LogP contribution is -2.21. The van der Waals surface area contributed by atoms with Gasteiger partial charge in [-0.3, -0.25) is 15.5 Å². The molecule has 0 unspecified atom stereocenters. The molecule has 0 amide bonds. The summed E-state index contributed by atoms with van der Waals surface area (Å²) in [6, 6.07) is 10.1. The van der Waals surface area contributed by atoms with Crippen LogP contribution in [0.4, 0.5) is 17.2 Å². The molecule has 0 atom stereocenters. The Balaban J connectivity index is 1.80. The second-order valence-electron chi connectivity index (χ2n) is 5.00. The van der Waals surface area contributed by atoms with Crippen LogP contribution in [0.25, 0.3) is 0 Å². The first-order valence-corrected chi connectivity index (χ1v) is 6.92. The first kappa shape index (κ1) is 14.0. The lowest BCUT2D eigenvalue weighted by atomic mass is 10.0. The molecule has 7 heteroatoms. The predicted molar refractivity (Wildman–Crippen MR) is 85.3 cm³/mol. The summed E-state index contributed by atoms with van der Waals surface area (Å²) in [5, 5.41) is 18.3. The third-order valence-corrected chi connectivity index (χ3v) is 3.40. The van der Waals surface area contributed by atoms with Crippen LogP contribution < -0.4 is 10.7 Å². The van der Waals surface area contributed by atoms with Gasteiger partial charge in [0.15, 0.2) is 0 Å². The van der Waals surface area contributed by atoms with E-state index < -0.39 is 4.92 Å². The molecule has 0 saturated carbocycles. The molecule has 22 heavy (non-hydrogen) atoms. The molecule has 0 aliphatic carbocycles. The van der Waals surface area contributed by atoms with Crippen molar-refractivity contribution in [1.29, 1.82) is 0 Å². The van der Waals surface area contributed by atoms with Crippen molar-refractivity contribution in [2.45, 2.75) is 13.3 Å². The summed E-state index contributed by atoms with van der Waals surface area (Å²) in [5.74, 6) is 0.843. The summed E-state index contributed by atoms with van der Waals surface area (Å²) in [6.07, 6.45) is 0.789. The summed E-state index contributed by atoms with van der Waals surface area (Å²) in [6.45, 7) is 2.73. The number of non-ortho nitro benzene ring substituents is 1. The average Bonchev–Trinajstić information content (AvgIpc) is 2.52. The number of rotatable bonds is 3. The highest BCUT2D eigenvalue weighted by Gasteiger charge is 2.16. The monoisotopic (exact) mass is 297 g/mol. The smallest absolute Gasteiger partial charge is 0.269 e. The van der Waals surface area contributed by atoms with Crippen LogP contribution in [0, 0.1) is 17.0 Å². The van der Waals surface area contributed by atoms with Crippen LogP contribution in [0.5, 0.6) is 0 Å². The number of hydrogen-bond donors (Lipinski definition) is 2. The Morgan fingerprint density at radius 1 is 1.27 bits per heavy atom. The molecule has 7 nitrogen and oxygen atoms in total. The Bertz CT molecular complexity index is 740. The summed E-state index contributed by atoms with van der Waals surface area (Å²) in [4.78, 5) is 14.7. The lowest BCUT2D eigenvalue weighted by Gasteiger charge is -2.19. The minimum Gasteiger partial charge on any atom is -0.369 e. The topological polar surface area (TPSA) is 92.5 Å². The highest BCUT2D eigenvalue weighted by molar-refractivity contribution is 6.06. The molecule has 0 radical (unpaired) electrons. The Morgan fingerprint density at radius 3 is 2.77 bits per heavy atom. The van der Waals surface area contributed by atoms with E-state index in [2.05, 4.69) is 20.8 Å². The maximum Gasteiger partial charge on any atom is 0.269 e. The number of nitrogens with zero attached hydrogens (tertiary/aromatic N) is 3. The van der Waals surface area contributed by atoms with Gasteiger partial charge >= 0.3 is 0 Å². The number of hydrogen-bond acceptors (Lipinski definition) is 6. The number of nitro groups is 1. The SMILES string of the molecule is Cc1ccc2c(n1)NCC/C2=N\Nc1ccc([N+](=O)[O-])cc1. The van der Waals surface area contributed by atoms with E-state index in [-0.39, 0.29) is 5.69 Å². The normalized spacial score (nSPS) is 15.0. The molecule has 3 rings (SSSR count). The highest BCUT2D eigenvalue weighted by atomic mass is 16.6. The lowest BCUT2D eigenvalue weighted by molar-refractivity contribution is -0.384. The maximum absolute atomic E-state index is 10.6. The van der Waals surface area contributed by atoms with E-state index in [4.69, 9.17) is 0 Å². The molecule has 0 fully saturated rings. The summed E-state index contributed by atoms with van der Waals surface area (Å²) >= 11 is 0. The molecule has 112 valence electrons. The van der Waals surface area contributed by atoms with Crippen molar-refractivity contribution in [3.05, 3.63) is 57.8 Å². The number of aryl methyl sites for hydroxylation is 1. The van der Waals surface area contributed by atoms with Crippen LogP contribution in [-0.2, 0) is 0 Å². The maximum atomic E-state index is 10.6. The summed E-state index contributed by atoms with van der Waals surface area (Å²) in [7, 11) is 0. The van der Waals surface area contributed by atoms with Gasteiger partial charge in [0.25, 0.3) is 5.69 Å². The quantitative estimate of drug-likeness (QED) is 0.671. The molecule has 2 heterocycles. The summed E-state index contributed by atoms with van der Waals surface area (Å²) in [5.41, 5.74) is 6.56. The number of anilines is 2. The van der Waals surface area contributed by atoms with E-state index in [1.54, 1.807) is 12.1 Å². The van der Waals surface area contributed by atoms with Gasteiger partial charge in [-0.2, -0.15) is 5.10 Å². The molecule has 1 aliphatic heterocycles. The van der Waals surface area contributed by atoms with Crippen LogP contribution in [0.3, 0.4) is 0 Å². The van der Waals surface area contributed by atoms with E-state index in [1.165, 1.54) is 12.1 Å². The Kier molecular flexibility index (Phi) is 3.69. The second-order valence-corrected chi connectivity index (χ2v) is 5.00. The molecule has 2 N–H and O–H groups in total. The van der Waals surface area contributed by atoms with E-state index in [9.17, 15) is 10.1 Å². The molecule has 1 aromatic heterocycles. The van der Waals surface area contributed by atoms with E-state index >= 15 is 0 Å². The van der Waals surface area contributed by atoms with Gasteiger partial charge in [0.1, 0.15) is 5.82 Å². The van der Waals surface area contributed by atoms with Crippen LogP contribution in [0.1, 0.15) is 17.7 Å². The predicted octanol–water partition coefficient (Wildman–Crippen LogP) is 2.93. The minimum atomic E-state index is -0.424. The van der Waals surface area contributed by atoms with Gasteiger partial charge in [0.2, 0.25) is 0 Å². The fourth-order valence-corrected chi connectivity index (χ4v) is 2.26. The van der Waals surface area contributed by atoms with Crippen molar-refractivity contribution in [3.8, 4) is 0 Å². The number of benzene rings is 1. The van der Waals surface area contributed by atoms with Crippen molar-refractivity contribution in [2.75, 3.05) is 17.3 Å². The van der Waals surface area contributed by atoms with Gasteiger partial charge in [-0.05, 0) is 31.2 Å². The van der Waals surface area contributed by atoms with E-state index in [1.807, 2.05) is 19.1 Å². The van der Waals surface area contributed by atoms with Crippen molar-refractivity contribution in [2.24, 2.45) is 5.10 Å². The molecular formula is C15H15N5O2. The fraction of sp³-hybridized carbons (Fsp3) is 0.200. The zero-order chi connectivity index (χ0) is 15.5. The van der Waals surface area contributed by atoms with Crippen molar-refractivity contribution in [3.63, 3.8) is 0 Å². The first-order valence-electron chi connectivity index (χ1n) is 6.92. The summed E-state index contributed by atoms with van der Waals surface area (Å²) < 4.78 is 0. The second kappa shape index (κ2) is 5.80.